The summed E-state index contributed by atoms with van der Waals surface area (Å²) in [6, 6.07) is 6.62. The highest BCUT2D eigenvalue weighted by Gasteiger charge is 2.15. The van der Waals surface area contributed by atoms with Gasteiger partial charge in [0.2, 0.25) is 0 Å². The Morgan fingerprint density at radius 3 is 2.70 bits per heavy atom. The minimum Gasteiger partial charge on any atom is -0.455 e. The average molecular weight is 368 g/mol. The highest BCUT2D eigenvalue weighted by atomic mass is 19.1. The zero-order valence-electron chi connectivity index (χ0n) is 13.5. The second kappa shape index (κ2) is 6.75. The molecule has 1 amide bonds. The third kappa shape index (κ3) is 3.54. The first-order valence-corrected chi connectivity index (χ1v) is 7.63. The first kappa shape index (κ1) is 16.5. The Hall–Kier alpha value is -3.95. The van der Waals surface area contributed by atoms with Crippen molar-refractivity contribution in [2.24, 2.45) is 0 Å². The molecule has 4 aromatic rings. The number of amides is 1. The minimum atomic E-state index is -0.559. The largest absolute Gasteiger partial charge is 0.455 e. The zero-order chi connectivity index (χ0) is 18.8. The van der Waals surface area contributed by atoms with Gasteiger partial charge in [0.1, 0.15) is 41.0 Å². The molecule has 0 aliphatic heterocycles. The maximum absolute atomic E-state index is 13.3. The highest BCUT2D eigenvalue weighted by Crippen LogP contribution is 2.24. The molecule has 1 N–H and O–H groups in total. The van der Waals surface area contributed by atoms with Gasteiger partial charge in [-0.3, -0.25) is 14.2 Å². The predicted octanol–water partition coefficient (Wildman–Crippen LogP) is 2.84. The van der Waals surface area contributed by atoms with E-state index in [-0.39, 0.29) is 23.0 Å². The van der Waals surface area contributed by atoms with Crippen molar-refractivity contribution in [3.05, 3.63) is 72.6 Å². The van der Waals surface area contributed by atoms with Crippen LogP contribution < -0.4 is 10.1 Å². The Kier molecular flexibility index (Phi) is 4.13. The van der Waals surface area contributed by atoms with Crippen LogP contribution in [0.1, 0.15) is 10.5 Å². The number of aromatic nitrogens is 5. The molecule has 0 aliphatic carbocycles. The maximum atomic E-state index is 13.3. The predicted molar refractivity (Wildman–Crippen MR) is 89.4 cm³/mol. The first-order chi connectivity index (χ1) is 13.1. The number of nitrogens with zero attached hydrogens (tertiary/aromatic N) is 5. The molecular formula is C17H10F2N6O2. The molecule has 0 fully saturated rings. The van der Waals surface area contributed by atoms with Crippen LogP contribution in [0.4, 0.5) is 14.6 Å². The minimum absolute atomic E-state index is 0.142. The van der Waals surface area contributed by atoms with Crippen molar-refractivity contribution in [3.63, 3.8) is 0 Å². The summed E-state index contributed by atoms with van der Waals surface area (Å²) in [5.41, 5.74) is 0.483. The van der Waals surface area contributed by atoms with Gasteiger partial charge in [-0.05, 0) is 12.1 Å². The van der Waals surface area contributed by atoms with Crippen LogP contribution in [0.2, 0.25) is 0 Å². The lowest BCUT2D eigenvalue weighted by Gasteiger charge is -2.10. The van der Waals surface area contributed by atoms with Crippen molar-refractivity contribution in [1.29, 1.82) is 0 Å². The van der Waals surface area contributed by atoms with E-state index in [2.05, 4.69) is 25.5 Å². The molecular weight excluding hydrogens is 358 g/mol. The summed E-state index contributed by atoms with van der Waals surface area (Å²) in [7, 11) is 0. The Bertz CT molecular complexity index is 1130. The number of carbonyl (C=O) groups is 1. The number of ether oxygens (including phenoxy) is 1. The summed E-state index contributed by atoms with van der Waals surface area (Å²) < 4.78 is 33.2. The molecule has 4 heterocycles. The van der Waals surface area contributed by atoms with Crippen molar-refractivity contribution < 1.29 is 18.3 Å². The normalized spacial score (nSPS) is 10.7. The first-order valence-electron chi connectivity index (χ1n) is 7.63. The van der Waals surface area contributed by atoms with E-state index in [9.17, 15) is 13.6 Å². The van der Waals surface area contributed by atoms with Crippen LogP contribution >= 0.6 is 0 Å². The molecule has 0 atom stereocenters. The molecule has 10 heteroatoms. The van der Waals surface area contributed by atoms with E-state index in [0.29, 0.717) is 5.65 Å². The van der Waals surface area contributed by atoms with Crippen LogP contribution in [0.15, 0.2) is 55.2 Å². The lowest BCUT2D eigenvalue weighted by atomic mass is 10.3. The molecule has 27 heavy (non-hydrogen) atoms. The SMILES string of the molecule is O=C(Nc1ccc(F)cn1)c1cc(Oc2cncc(F)c2)cc2nncn12. The van der Waals surface area contributed by atoms with Crippen LogP contribution in [0.5, 0.6) is 11.5 Å². The van der Waals surface area contributed by atoms with Crippen molar-refractivity contribution in [1.82, 2.24) is 24.6 Å². The molecule has 4 rings (SSSR count). The molecule has 134 valence electrons. The van der Waals surface area contributed by atoms with Gasteiger partial charge in [-0.1, -0.05) is 0 Å². The summed E-state index contributed by atoms with van der Waals surface area (Å²) in [5.74, 6) is -1.06. The molecule has 0 aliphatic rings. The van der Waals surface area contributed by atoms with E-state index in [0.717, 1.165) is 18.5 Å². The van der Waals surface area contributed by atoms with E-state index in [1.54, 1.807) is 0 Å². The molecule has 0 saturated heterocycles. The molecule has 8 nitrogen and oxygen atoms in total. The van der Waals surface area contributed by atoms with E-state index in [1.165, 1.54) is 41.2 Å². The van der Waals surface area contributed by atoms with Gasteiger partial charge in [-0.2, -0.15) is 0 Å². The lowest BCUT2D eigenvalue weighted by molar-refractivity contribution is 0.102. The Labute approximate surface area is 150 Å². The summed E-state index contributed by atoms with van der Waals surface area (Å²) in [6.07, 6.45) is 4.72. The monoisotopic (exact) mass is 368 g/mol. The summed E-state index contributed by atoms with van der Waals surface area (Å²) in [4.78, 5) is 20.1. The molecule has 0 aromatic carbocycles. The average Bonchev–Trinajstić information content (AvgIpc) is 3.11. The highest BCUT2D eigenvalue weighted by molar-refractivity contribution is 6.03. The van der Waals surface area contributed by atoms with E-state index in [1.807, 2.05) is 0 Å². The van der Waals surface area contributed by atoms with E-state index in [4.69, 9.17) is 4.74 Å². The van der Waals surface area contributed by atoms with Crippen molar-refractivity contribution in [3.8, 4) is 11.5 Å². The number of hydrogen-bond donors (Lipinski definition) is 1. The summed E-state index contributed by atoms with van der Waals surface area (Å²) in [6.45, 7) is 0. The molecule has 0 radical (unpaired) electrons. The number of anilines is 1. The number of halogens is 2. The molecule has 0 unspecified atom stereocenters. The Morgan fingerprint density at radius 1 is 1.04 bits per heavy atom. The smallest absolute Gasteiger partial charge is 0.274 e. The van der Waals surface area contributed by atoms with Crippen LogP contribution in [-0.4, -0.2) is 30.5 Å². The lowest BCUT2D eigenvalue weighted by Crippen LogP contribution is -2.16. The summed E-state index contributed by atoms with van der Waals surface area (Å²) >= 11 is 0. The third-order valence-electron chi connectivity index (χ3n) is 3.50. The number of carbonyl (C=O) groups excluding carboxylic acids is 1. The third-order valence-corrected chi connectivity index (χ3v) is 3.50. The number of hydrogen-bond acceptors (Lipinski definition) is 6. The fraction of sp³-hybridized carbons (Fsp3) is 0. The number of fused-ring (bicyclic) bond motifs is 1. The van der Waals surface area contributed by atoms with Gasteiger partial charge in [0.25, 0.3) is 5.91 Å². The van der Waals surface area contributed by atoms with Gasteiger partial charge in [0.05, 0.1) is 18.6 Å². The van der Waals surface area contributed by atoms with E-state index < -0.39 is 17.5 Å². The van der Waals surface area contributed by atoms with Crippen LogP contribution in [0.3, 0.4) is 0 Å². The van der Waals surface area contributed by atoms with Gasteiger partial charge < -0.3 is 10.1 Å². The van der Waals surface area contributed by atoms with Crippen LogP contribution in [0, 0.1) is 11.6 Å². The number of nitrogens with one attached hydrogen (secondary N) is 1. The molecule has 0 spiro atoms. The number of pyridine rings is 3. The van der Waals surface area contributed by atoms with Crippen molar-refractivity contribution in [2.45, 2.75) is 0 Å². The van der Waals surface area contributed by atoms with Gasteiger partial charge in [-0.25, -0.2) is 13.8 Å². The van der Waals surface area contributed by atoms with Gasteiger partial charge in [-0.15, -0.1) is 10.2 Å². The zero-order valence-corrected chi connectivity index (χ0v) is 13.5. The maximum Gasteiger partial charge on any atom is 0.274 e. The fourth-order valence-electron chi connectivity index (χ4n) is 2.35. The van der Waals surface area contributed by atoms with Gasteiger partial charge in [0, 0.05) is 18.2 Å². The van der Waals surface area contributed by atoms with Crippen LogP contribution in [0.25, 0.3) is 5.65 Å². The van der Waals surface area contributed by atoms with E-state index >= 15 is 0 Å². The van der Waals surface area contributed by atoms with Crippen molar-refractivity contribution >= 4 is 17.4 Å². The van der Waals surface area contributed by atoms with Gasteiger partial charge >= 0.3 is 0 Å². The Balaban J connectivity index is 1.67. The fourth-order valence-corrected chi connectivity index (χ4v) is 2.35. The molecule has 4 aromatic heterocycles. The Morgan fingerprint density at radius 2 is 1.93 bits per heavy atom. The standard InChI is InChI=1S/C17H10F2N6O2/c18-10-1-2-15(21-7-10)23-17(26)14-4-12(5-16-24-22-9-25(14)16)27-13-3-11(19)6-20-8-13/h1-9H,(H,21,23,26). The van der Waals surface area contributed by atoms with Gasteiger partial charge in [0.15, 0.2) is 5.65 Å². The second-order valence-corrected chi connectivity index (χ2v) is 5.39. The van der Waals surface area contributed by atoms with Crippen LogP contribution in [-0.2, 0) is 0 Å². The topological polar surface area (TPSA) is 94.3 Å². The molecule has 0 saturated carbocycles. The number of rotatable bonds is 4. The summed E-state index contributed by atoms with van der Waals surface area (Å²) in [5, 5.41) is 10.2. The quantitative estimate of drug-likeness (QED) is 0.595. The van der Waals surface area contributed by atoms with Crippen molar-refractivity contribution in [2.75, 3.05) is 5.32 Å². The second-order valence-electron chi connectivity index (χ2n) is 5.39. The molecule has 0 bridgehead atoms.